The minimum atomic E-state index is -1.04. The molecule has 0 bridgehead atoms. The van der Waals surface area contributed by atoms with Gasteiger partial charge >= 0.3 is 12.0 Å². The molecule has 1 unspecified atom stereocenters. The zero-order chi connectivity index (χ0) is 13.9. The van der Waals surface area contributed by atoms with Gasteiger partial charge in [0.15, 0.2) is 0 Å². The topological polar surface area (TPSA) is 60.9 Å². The lowest BCUT2D eigenvalue weighted by molar-refractivity contribution is -0.147. The number of amides is 2. The number of carboxylic acid groups (broad SMARTS) is 1. The van der Waals surface area contributed by atoms with Crippen LogP contribution in [0.5, 0.6) is 0 Å². The lowest BCUT2D eigenvalue weighted by Gasteiger charge is -2.37. The van der Waals surface area contributed by atoms with Crippen LogP contribution >= 0.6 is 0 Å². The molecule has 0 saturated carbocycles. The first-order chi connectivity index (χ1) is 8.38. The summed E-state index contributed by atoms with van der Waals surface area (Å²) in [5.74, 6) is -0.911. The highest BCUT2D eigenvalue weighted by atomic mass is 16.4. The number of carbonyl (C=O) groups is 2. The summed E-state index contributed by atoms with van der Waals surface area (Å²) >= 11 is 0. The van der Waals surface area contributed by atoms with Gasteiger partial charge in [0.2, 0.25) is 0 Å². The number of carboxylic acids is 1. The second kappa shape index (κ2) is 5.59. The molecule has 5 heteroatoms. The largest absolute Gasteiger partial charge is 0.480 e. The van der Waals surface area contributed by atoms with Crippen LogP contribution < -0.4 is 0 Å². The third-order valence-corrected chi connectivity index (χ3v) is 4.12. The maximum absolute atomic E-state index is 12.4. The van der Waals surface area contributed by atoms with E-state index in [1.54, 1.807) is 18.9 Å². The Balaban J connectivity index is 2.86. The van der Waals surface area contributed by atoms with E-state index in [1.165, 1.54) is 4.90 Å². The van der Waals surface area contributed by atoms with Crippen molar-refractivity contribution in [3.05, 3.63) is 0 Å². The first-order valence-corrected chi connectivity index (χ1v) is 6.66. The summed E-state index contributed by atoms with van der Waals surface area (Å²) in [4.78, 5) is 27.0. The fourth-order valence-electron chi connectivity index (χ4n) is 2.68. The number of nitrogens with zero attached hydrogens (tertiary/aromatic N) is 2. The normalized spacial score (nSPS) is 23.5. The van der Waals surface area contributed by atoms with Crippen molar-refractivity contribution >= 4 is 12.0 Å². The molecule has 1 heterocycles. The number of likely N-dealkylation sites (tertiary alicyclic amines) is 1. The molecule has 1 rings (SSSR count). The van der Waals surface area contributed by atoms with E-state index in [9.17, 15) is 14.7 Å². The monoisotopic (exact) mass is 256 g/mol. The van der Waals surface area contributed by atoms with E-state index in [1.807, 2.05) is 13.8 Å². The molecule has 104 valence electrons. The fourth-order valence-corrected chi connectivity index (χ4v) is 2.68. The van der Waals surface area contributed by atoms with Gasteiger partial charge in [-0.3, -0.25) is 0 Å². The van der Waals surface area contributed by atoms with Crippen molar-refractivity contribution in [1.29, 1.82) is 0 Å². The summed E-state index contributed by atoms with van der Waals surface area (Å²) in [6.07, 6.45) is 3.06. The van der Waals surface area contributed by atoms with Crippen molar-refractivity contribution in [3.8, 4) is 0 Å². The SMILES string of the molecule is CCC(CC)N(C)C(=O)N1CCCC1(C)C(=O)O. The van der Waals surface area contributed by atoms with Crippen molar-refractivity contribution in [2.45, 2.75) is 58.0 Å². The van der Waals surface area contributed by atoms with Crippen LogP contribution in [0.25, 0.3) is 0 Å². The number of rotatable bonds is 4. The maximum atomic E-state index is 12.4. The molecule has 0 aliphatic carbocycles. The Hall–Kier alpha value is -1.26. The van der Waals surface area contributed by atoms with Crippen LogP contribution in [-0.4, -0.2) is 52.1 Å². The minimum absolute atomic E-state index is 0.161. The molecule has 2 amide bonds. The third-order valence-electron chi connectivity index (χ3n) is 4.12. The van der Waals surface area contributed by atoms with E-state index < -0.39 is 11.5 Å². The molecule has 0 aromatic rings. The molecular weight excluding hydrogens is 232 g/mol. The predicted molar refractivity (Wildman–Crippen MR) is 69.5 cm³/mol. The zero-order valence-electron chi connectivity index (χ0n) is 11.8. The van der Waals surface area contributed by atoms with Gasteiger partial charge in [0, 0.05) is 19.6 Å². The van der Waals surface area contributed by atoms with Crippen LogP contribution in [0.2, 0.25) is 0 Å². The first kappa shape index (κ1) is 14.8. The number of hydrogen-bond acceptors (Lipinski definition) is 2. The average molecular weight is 256 g/mol. The molecule has 18 heavy (non-hydrogen) atoms. The second-order valence-electron chi connectivity index (χ2n) is 5.20. The van der Waals surface area contributed by atoms with Crippen LogP contribution in [-0.2, 0) is 4.79 Å². The highest BCUT2D eigenvalue weighted by Crippen LogP contribution is 2.30. The summed E-state index contributed by atoms with van der Waals surface area (Å²) in [5.41, 5.74) is -1.04. The maximum Gasteiger partial charge on any atom is 0.329 e. The molecule has 0 radical (unpaired) electrons. The summed E-state index contributed by atoms with van der Waals surface area (Å²) in [6, 6.07) is 0.0160. The van der Waals surface area contributed by atoms with Gasteiger partial charge in [0.25, 0.3) is 0 Å². The highest BCUT2D eigenvalue weighted by Gasteiger charge is 2.47. The first-order valence-electron chi connectivity index (χ1n) is 6.66. The van der Waals surface area contributed by atoms with Crippen LogP contribution in [0.15, 0.2) is 0 Å². The Morgan fingerprint density at radius 2 is 1.94 bits per heavy atom. The van der Waals surface area contributed by atoms with Gasteiger partial charge in [0.1, 0.15) is 5.54 Å². The molecular formula is C13H24N2O3. The fraction of sp³-hybridized carbons (Fsp3) is 0.846. The smallest absolute Gasteiger partial charge is 0.329 e. The van der Waals surface area contributed by atoms with Crippen molar-refractivity contribution < 1.29 is 14.7 Å². The minimum Gasteiger partial charge on any atom is -0.480 e. The third kappa shape index (κ3) is 2.44. The standard InChI is InChI=1S/C13H24N2O3/c1-5-10(6-2)14(4)12(18)15-9-7-8-13(15,3)11(16)17/h10H,5-9H2,1-4H3,(H,16,17). The van der Waals surface area contributed by atoms with Crippen molar-refractivity contribution in [2.75, 3.05) is 13.6 Å². The number of carbonyl (C=O) groups excluding carboxylic acids is 1. The molecule has 1 saturated heterocycles. The predicted octanol–water partition coefficient (Wildman–Crippen LogP) is 2.17. The summed E-state index contributed by atoms with van der Waals surface area (Å²) in [7, 11) is 1.76. The van der Waals surface area contributed by atoms with Gasteiger partial charge in [-0.15, -0.1) is 0 Å². The molecule has 1 N–H and O–H groups in total. The summed E-state index contributed by atoms with van der Waals surface area (Å²) < 4.78 is 0. The lowest BCUT2D eigenvalue weighted by atomic mass is 9.99. The van der Waals surface area contributed by atoms with E-state index in [4.69, 9.17) is 0 Å². The second-order valence-corrected chi connectivity index (χ2v) is 5.20. The van der Waals surface area contributed by atoms with Crippen LogP contribution in [0, 0.1) is 0 Å². The zero-order valence-corrected chi connectivity index (χ0v) is 11.8. The van der Waals surface area contributed by atoms with E-state index in [0.717, 1.165) is 19.3 Å². The molecule has 5 nitrogen and oxygen atoms in total. The van der Waals surface area contributed by atoms with E-state index in [2.05, 4.69) is 0 Å². The molecule has 1 aliphatic rings. The van der Waals surface area contributed by atoms with Crippen molar-refractivity contribution in [3.63, 3.8) is 0 Å². The Kier molecular flexibility index (Phi) is 4.59. The summed E-state index contributed by atoms with van der Waals surface area (Å²) in [5, 5.41) is 9.31. The highest BCUT2D eigenvalue weighted by molar-refractivity contribution is 5.86. The lowest BCUT2D eigenvalue weighted by Crippen LogP contribution is -2.55. The van der Waals surface area contributed by atoms with Gasteiger partial charge in [-0.05, 0) is 32.6 Å². The van der Waals surface area contributed by atoms with Crippen LogP contribution in [0.3, 0.4) is 0 Å². The van der Waals surface area contributed by atoms with Crippen LogP contribution in [0.1, 0.15) is 46.5 Å². The molecule has 0 spiro atoms. The van der Waals surface area contributed by atoms with Gasteiger partial charge in [0.05, 0.1) is 0 Å². The number of aliphatic carboxylic acids is 1. The van der Waals surface area contributed by atoms with E-state index in [-0.39, 0.29) is 12.1 Å². The van der Waals surface area contributed by atoms with Crippen molar-refractivity contribution in [2.24, 2.45) is 0 Å². The summed E-state index contributed by atoms with van der Waals surface area (Å²) in [6.45, 7) is 6.25. The Morgan fingerprint density at radius 3 is 2.39 bits per heavy atom. The van der Waals surface area contributed by atoms with Gasteiger partial charge in [-0.2, -0.15) is 0 Å². The van der Waals surface area contributed by atoms with Gasteiger partial charge < -0.3 is 14.9 Å². The Labute approximate surface area is 109 Å². The number of hydrogen-bond donors (Lipinski definition) is 1. The molecule has 0 aromatic heterocycles. The molecule has 1 aliphatic heterocycles. The average Bonchev–Trinajstić information content (AvgIpc) is 2.73. The molecule has 0 aromatic carbocycles. The van der Waals surface area contributed by atoms with Crippen LogP contribution in [0.4, 0.5) is 4.79 Å². The Morgan fingerprint density at radius 1 is 1.39 bits per heavy atom. The Bertz CT molecular complexity index is 328. The van der Waals surface area contributed by atoms with Gasteiger partial charge in [-0.25, -0.2) is 9.59 Å². The van der Waals surface area contributed by atoms with E-state index >= 15 is 0 Å². The molecule has 1 fully saturated rings. The van der Waals surface area contributed by atoms with E-state index in [0.29, 0.717) is 13.0 Å². The van der Waals surface area contributed by atoms with Crippen molar-refractivity contribution in [1.82, 2.24) is 9.80 Å². The number of urea groups is 1. The molecule has 1 atom stereocenters. The quantitative estimate of drug-likeness (QED) is 0.838. The van der Waals surface area contributed by atoms with Gasteiger partial charge in [-0.1, -0.05) is 13.8 Å².